The molecule has 0 saturated heterocycles. The zero-order chi connectivity index (χ0) is 9.68. The van der Waals surface area contributed by atoms with Crippen LogP contribution in [-0.2, 0) is 0 Å². The number of halogens is 1. The summed E-state index contributed by atoms with van der Waals surface area (Å²) in [5, 5.41) is 6.98. The van der Waals surface area contributed by atoms with Crippen LogP contribution in [0.2, 0.25) is 0 Å². The maximum atomic E-state index is 6.98. The molecular weight excluding hydrogens is 277 g/mol. The first-order chi connectivity index (χ1) is 6.20. The van der Waals surface area contributed by atoms with Gasteiger partial charge in [0.1, 0.15) is 5.84 Å². The molecule has 0 spiro atoms. The summed E-state index contributed by atoms with van der Waals surface area (Å²) in [6.07, 6.45) is 1.74. The Morgan fingerprint density at radius 3 is 2.85 bits per heavy atom. The third-order valence-corrected chi connectivity index (χ3v) is 2.38. The Morgan fingerprint density at radius 2 is 2.23 bits per heavy atom. The molecule has 0 radical (unpaired) electrons. The fourth-order valence-corrected chi connectivity index (χ4v) is 1.35. The van der Waals surface area contributed by atoms with Crippen molar-refractivity contribution in [3.63, 3.8) is 0 Å². The Hall–Kier alpha value is -0.910. The smallest absolute Gasteiger partial charge is 0.113 e. The minimum atomic E-state index is 0.0854. The predicted molar refractivity (Wildman–Crippen MR) is 63.5 cm³/mol. The molecule has 0 aliphatic carbocycles. The van der Waals surface area contributed by atoms with Crippen molar-refractivity contribution in [1.82, 2.24) is 0 Å². The van der Waals surface area contributed by atoms with Crippen LogP contribution in [0.5, 0.6) is 0 Å². The van der Waals surface area contributed by atoms with E-state index >= 15 is 0 Å². The van der Waals surface area contributed by atoms with Gasteiger partial charge in [0.05, 0.1) is 6.54 Å². The van der Waals surface area contributed by atoms with Gasteiger partial charge in [-0.05, 0) is 28.7 Å². The highest BCUT2D eigenvalue weighted by molar-refractivity contribution is 14.1. The van der Waals surface area contributed by atoms with Crippen molar-refractivity contribution in [2.75, 3.05) is 6.54 Å². The lowest BCUT2D eigenvalue weighted by Crippen LogP contribution is -2.13. The molecule has 3 nitrogen and oxygen atoms in total. The van der Waals surface area contributed by atoms with Gasteiger partial charge in [-0.1, -0.05) is 18.2 Å². The SMILES string of the molecule is N=C(N)CN=Cc1ccccc1I. The molecular formula is C9H10IN3. The average molecular weight is 287 g/mol. The van der Waals surface area contributed by atoms with Crippen LogP contribution >= 0.6 is 22.6 Å². The van der Waals surface area contributed by atoms with E-state index in [1.54, 1.807) is 6.21 Å². The molecule has 4 heteroatoms. The molecule has 0 aliphatic heterocycles. The number of benzene rings is 1. The van der Waals surface area contributed by atoms with Crippen LogP contribution in [0.1, 0.15) is 5.56 Å². The van der Waals surface area contributed by atoms with E-state index in [1.165, 1.54) is 0 Å². The molecule has 1 rings (SSSR count). The first kappa shape index (κ1) is 10.2. The predicted octanol–water partition coefficient (Wildman–Crippen LogP) is 1.65. The number of aliphatic imine (C=N–C) groups is 1. The van der Waals surface area contributed by atoms with Crippen molar-refractivity contribution >= 4 is 34.6 Å². The second kappa shape index (κ2) is 4.96. The number of nitrogens with one attached hydrogen (secondary N) is 1. The highest BCUT2D eigenvalue weighted by Gasteiger charge is 1.92. The van der Waals surface area contributed by atoms with E-state index in [0.29, 0.717) is 0 Å². The summed E-state index contributed by atoms with van der Waals surface area (Å²) in [4.78, 5) is 4.02. The van der Waals surface area contributed by atoms with Gasteiger partial charge in [-0.25, -0.2) is 0 Å². The normalized spacial score (nSPS) is 10.5. The number of amidine groups is 1. The summed E-state index contributed by atoms with van der Waals surface area (Å²) in [5.41, 5.74) is 6.22. The van der Waals surface area contributed by atoms with Crippen LogP contribution in [0.3, 0.4) is 0 Å². The van der Waals surface area contributed by atoms with Crippen LogP contribution in [0.4, 0.5) is 0 Å². The van der Waals surface area contributed by atoms with E-state index in [1.807, 2.05) is 24.3 Å². The third kappa shape index (κ3) is 3.54. The van der Waals surface area contributed by atoms with Crippen molar-refractivity contribution in [1.29, 1.82) is 5.41 Å². The summed E-state index contributed by atoms with van der Waals surface area (Å²) in [6.45, 7) is 0.269. The largest absolute Gasteiger partial charge is 0.386 e. The lowest BCUT2D eigenvalue weighted by molar-refractivity contribution is 1.24. The van der Waals surface area contributed by atoms with Gasteiger partial charge < -0.3 is 5.73 Å². The molecule has 0 aliphatic rings. The van der Waals surface area contributed by atoms with Crippen molar-refractivity contribution in [3.05, 3.63) is 33.4 Å². The summed E-state index contributed by atoms with van der Waals surface area (Å²) >= 11 is 2.24. The van der Waals surface area contributed by atoms with E-state index < -0.39 is 0 Å². The number of nitrogens with two attached hydrogens (primary N) is 1. The van der Waals surface area contributed by atoms with E-state index in [4.69, 9.17) is 11.1 Å². The number of hydrogen-bond acceptors (Lipinski definition) is 2. The second-order valence-corrected chi connectivity index (χ2v) is 3.68. The first-order valence-corrected chi connectivity index (χ1v) is 4.85. The van der Waals surface area contributed by atoms with Gasteiger partial charge in [0.15, 0.2) is 0 Å². The quantitative estimate of drug-likeness (QED) is 0.495. The molecule has 68 valence electrons. The molecule has 1 aromatic carbocycles. The fourth-order valence-electron chi connectivity index (χ4n) is 0.822. The molecule has 0 unspecified atom stereocenters. The minimum Gasteiger partial charge on any atom is -0.386 e. The van der Waals surface area contributed by atoms with E-state index in [9.17, 15) is 0 Å². The van der Waals surface area contributed by atoms with Crippen LogP contribution in [0.25, 0.3) is 0 Å². The Morgan fingerprint density at radius 1 is 1.54 bits per heavy atom. The lowest BCUT2D eigenvalue weighted by atomic mass is 10.2. The van der Waals surface area contributed by atoms with Crippen molar-refractivity contribution in [2.24, 2.45) is 10.7 Å². The standard InChI is InChI=1S/C9H10IN3/c10-8-4-2-1-3-7(8)5-13-6-9(11)12/h1-5H,6H2,(H3,11,12). The van der Waals surface area contributed by atoms with E-state index in [-0.39, 0.29) is 12.4 Å². The van der Waals surface area contributed by atoms with Crippen molar-refractivity contribution in [2.45, 2.75) is 0 Å². The van der Waals surface area contributed by atoms with E-state index in [0.717, 1.165) is 9.13 Å². The molecule has 0 heterocycles. The first-order valence-electron chi connectivity index (χ1n) is 3.77. The summed E-state index contributed by atoms with van der Waals surface area (Å²) in [6, 6.07) is 7.92. The summed E-state index contributed by atoms with van der Waals surface area (Å²) in [5.74, 6) is 0.0854. The van der Waals surface area contributed by atoms with Gasteiger partial charge in [0, 0.05) is 15.3 Å². The highest BCUT2D eigenvalue weighted by Crippen LogP contribution is 2.08. The molecule has 3 N–H and O–H groups in total. The van der Waals surface area contributed by atoms with Gasteiger partial charge in [-0.2, -0.15) is 0 Å². The van der Waals surface area contributed by atoms with Gasteiger partial charge in [-0.15, -0.1) is 0 Å². The van der Waals surface area contributed by atoms with Gasteiger partial charge in [0.25, 0.3) is 0 Å². The van der Waals surface area contributed by atoms with Crippen molar-refractivity contribution < 1.29 is 0 Å². The molecule has 0 atom stereocenters. The topological polar surface area (TPSA) is 62.2 Å². The maximum absolute atomic E-state index is 6.98. The van der Waals surface area contributed by atoms with Crippen LogP contribution in [0.15, 0.2) is 29.3 Å². The summed E-state index contributed by atoms with van der Waals surface area (Å²) in [7, 11) is 0. The van der Waals surface area contributed by atoms with Gasteiger partial charge in [-0.3, -0.25) is 10.4 Å². The molecule has 0 bridgehead atoms. The van der Waals surface area contributed by atoms with Crippen LogP contribution < -0.4 is 5.73 Å². The molecule has 1 aromatic rings. The Balaban J connectivity index is 2.68. The Labute approximate surface area is 90.7 Å². The number of nitrogens with zero attached hydrogens (tertiary/aromatic N) is 1. The highest BCUT2D eigenvalue weighted by atomic mass is 127. The minimum absolute atomic E-state index is 0.0854. The monoisotopic (exact) mass is 287 g/mol. The summed E-state index contributed by atoms with van der Waals surface area (Å²) < 4.78 is 1.15. The fraction of sp³-hybridized carbons (Fsp3) is 0.111. The zero-order valence-electron chi connectivity index (χ0n) is 7.00. The zero-order valence-corrected chi connectivity index (χ0v) is 9.15. The van der Waals surface area contributed by atoms with E-state index in [2.05, 4.69) is 27.6 Å². The van der Waals surface area contributed by atoms with Crippen molar-refractivity contribution in [3.8, 4) is 0 Å². The molecule has 0 fully saturated rings. The van der Waals surface area contributed by atoms with Crippen LogP contribution in [-0.4, -0.2) is 18.6 Å². The van der Waals surface area contributed by atoms with Gasteiger partial charge >= 0.3 is 0 Å². The molecule has 0 aromatic heterocycles. The molecule has 0 saturated carbocycles. The third-order valence-electron chi connectivity index (χ3n) is 1.40. The maximum Gasteiger partial charge on any atom is 0.113 e. The number of hydrogen-bond donors (Lipinski definition) is 2. The number of rotatable bonds is 3. The van der Waals surface area contributed by atoms with Crippen LogP contribution in [0, 0.1) is 8.98 Å². The van der Waals surface area contributed by atoms with Gasteiger partial charge in [0.2, 0.25) is 0 Å². The lowest BCUT2D eigenvalue weighted by Gasteiger charge is -1.95. The molecule has 13 heavy (non-hydrogen) atoms. The second-order valence-electron chi connectivity index (χ2n) is 2.52. The Bertz CT molecular complexity index is 333. The average Bonchev–Trinajstić information content (AvgIpc) is 2.08. The molecule has 0 amide bonds. The Kier molecular flexibility index (Phi) is 3.88.